The van der Waals surface area contributed by atoms with E-state index in [1.54, 1.807) is 38.1 Å². The number of likely N-dealkylation sites (N-methyl/N-ethyl adjacent to an activating group) is 1. The lowest BCUT2D eigenvalue weighted by molar-refractivity contribution is -0.139. The fraction of sp³-hybridized carbons (Fsp3) is 0.310. The molecule has 3 rings (SSSR count). The van der Waals surface area contributed by atoms with Gasteiger partial charge in [-0.2, -0.15) is 0 Å². The maximum absolute atomic E-state index is 14.0. The number of benzene rings is 3. The minimum absolute atomic E-state index is 0.00198. The maximum Gasteiger partial charge on any atom is 0.264 e. The van der Waals surface area contributed by atoms with Gasteiger partial charge < -0.3 is 24.4 Å². The monoisotopic (exact) mass is 587 g/mol. The first-order valence-electron chi connectivity index (χ1n) is 12.8. The molecule has 0 unspecified atom stereocenters. The number of anilines is 1. The Hall–Kier alpha value is -4.32. The number of carbonyl (C=O) groups is 2. The Labute approximate surface area is 239 Å². The van der Waals surface area contributed by atoms with Crippen molar-refractivity contribution in [1.82, 2.24) is 10.2 Å². The molecule has 0 saturated carbocycles. The molecule has 1 N–H and O–H groups in total. The average Bonchev–Trinajstić information content (AvgIpc) is 2.98. The lowest BCUT2D eigenvalue weighted by atomic mass is 10.1. The smallest absolute Gasteiger partial charge is 0.264 e. The molecular weight excluding hydrogens is 553 g/mol. The van der Waals surface area contributed by atoms with Crippen LogP contribution in [0.15, 0.2) is 71.6 Å². The zero-order valence-corrected chi connectivity index (χ0v) is 24.4. The standard InChI is InChI=1S/C29H34FN3O7S/c1-6-31-29(35)20(2)32(18-21-8-7-9-24(16-21)38-3)28(34)19-33(23-12-10-22(30)11-13-23)41(36,37)25-14-15-26(39-4)27(17-25)40-5/h7-17,20H,6,18-19H2,1-5H3,(H,31,35)/t20-/m0/s1. The largest absolute Gasteiger partial charge is 0.497 e. The van der Waals surface area contributed by atoms with E-state index in [0.717, 1.165) is 16.4 Å². The zero-order valence-electron chi connectivity index (χ0n) is 23.6. The fourth-order valence-corrected chi connectivity index (χ4v) is 5.54. The van der Waals surface area contributed by atoms with Crippen LogP contribution in [0.25, 0.3) is 0 Å². The normalized spacial score (nSPS) is 11.8. The van der Waals surface area contributed by atoms with Gasteiger partial charge in [0.1, 0.15) is 24.2 Å². The third kappa shape index (κ3) is 7.46. The molecule has 0 heterocycles. The summed E-state index contributed by atoms with van der Waals surface area (Å²) in [6.45, 7) is 3.00. The Morgan fingerprint density at radius 1 is 0.927 bits per heavy atom. The van der Waals surface area contributed by atoms with Gasteiger partial charge in [0.15, 0.2) is 11.5 Å². The first-order chi connectivity index (χ1) is 19.5. The number of halogens is 1. The highest BCUT2D eigenvalue weighted by atomic mass is 32.2. The summed E-state index contributed by atoms with van der Waals surface area (Å²) < 4.78 is 58.4. The first-order valence-corrected chi connectivity index (χ1v) is 14.2. The van der Waals surface area contributed by atoms with Crippen molar-refractivity contribution in [3.63, 3.8) is 0 Å². The molecule has 1 atom stereocenters. The molecule has 0 aliphatic heterocycles. The Bertz CT molecular complexity index is 1470. The molecule has 0 saturated heterocycles. The van der Waals surface area contributed by atoms with Crippen molar-refractivity contribution in [3.05, 3.63) is 78.1 Å². The van der Waals surface area contributed by atoms with Crippen LogP contribution in [0, 0.1) is 5.82 Å². The van der Waals surface area contributed by atoms with E-state index in [1.165, 1.54) is 56.6 Å². The molecule has 0 bridgehead atoms. The number of methoxy groups -OCH3 is 3. The highest BCUT2D eigenvalue weighted by Gasteiger charge is 2.33. The van der Waals surface area contributed by atoms with E-state index in [0.29, 0.717) is 23.6 Å². The summed E-state index contributed by atoms with van der Waals surface area (Å²) in [5.74, 6) is -0.586. The maximum atomic E-state index is 14.0. The van der Waals surface area contributed by atoms with Crippen LogP contribution >= 0.6 is 0 Å². The predicted molar refractivity (Wildman–Crippen MR) is 152 cm³/mol. The van der Waals surface area contributed by atoms with Gasteiger partial charge in [0, 0.05) is 19.2 Å². The van der Waals surface area contributed by atoms with Crippen LogP contribution in [0.1, 0.15) is 19.4 Å². The fourth-order valence-electron chi connectivity index (χ4n) is 4.11. The molecule has 41 heavy (non-hydrogen) atoms. The van der Waals surface area contributed by atoms with E-state index < -0.39 is 40.2 Å². The molecule has 0 aromatic heterocycles. The lowest BCUT2D eigenvalue weighted by Gasteiger charge is -2.32. The SMILES string of the molecule is CCNC(=O)[C@H](C)N(Cc1cccc(OC)c1)C(=O)CN(c1ccc(F)cc1)S(=O)(=O)c1ccc(OC)c(OC)c1. The zero-order chi connectivity index (χ0) is 30.2. The second-order valence-corrected chi connectivity index (χ2v) is 10.8. The van der Waals surface area contributed by atoms with Crippen LogP contribution in [-0.4, -0.2) is 65.6 Å². The Morgan fingerprint density at radius 3 is 2.22 bits per heavy atom. The number of rotatable bonds is 13. The molecule has 3 aromatic carbocycles. The Morgan fingerprint density at radius 2 is 1.61 bits per heavy atom. The lowest BCUT2D eigenvalue weighted by Crippen LogP contribution is -2.51. The number of carbonyl (C=O) groups excluding carboxylic acids is 2. The molecule has 3 aromatic rings. The molecule has 12 heteroatoms. The number of nitrogens with one attached hydrogen (secondary N) is 1. The summed E-state index contributed by atoms with van der Waals surface area (Å²) in [4.78, 5) is 27.8. The van der Waals surface area contributed by atoms with E-state index in [2.05, 4.69) is 5.32 Å². The molecule has 0 aliphatic carbocycles. The second-order valence-electron chi connectivity index (χ2n) is 8.95. The first kappa shape index (κ1) is 31.2. The summed E-state index contributed by atoms with van der Waals surface area (Å²) in [6, 6.07) is 14.8. The topological polar surface area (TPSA) is 114 Å². The van der Waals surface area contributed by atoms with Gasteiger partial charge in [0.2, 0.25) is 11.8 Å². The Balaban J connectivity index is 2.07. The average molecular weight is 588 g/mol. The van der Waals surface area contributed by atoms with Crippen molar-refractivity contribution in [3.8, 4) is 17.2 Å². The molecule has 10 nitrogen and oxygen atoms in total. The van der Waals surface area contributed by atoms with Gasteiger partial charge in [0.25, 0.3) is 10.0 Å². The van der Waals surface area contributed by atoms with Crippen LogP contribution in [0.4, 0.5) is 10.1 Å². The third-order valence-corrected chi connectivity index (χ3v) is 8.11. The van der Waals surface area contributed by atoms with Crippen LogP contribution in [0.2, 0.25) is 0 Å². The van der Waals surface area contributed by atoms with Crippen molar-refractivity contribution in [2.75, 3.05) is 38.7 Å². The summed E-state index contributed by atoms with van der Waals surface area (Å²) in [7, 11) is -0.0840. The molecular formula is C29H34FN3O7S. The second kappa shape index (κ2) is 13.8. The van der Waals surface area contributed by atoms with E-state index in [1.807, 2.05) is 0 Å². The van der Waals surface area contributed by atoms with Crippen LogP contribution < -0.4 is 23.8 Å². The van der Waals surface area contributed by atoms with Gasteiger partial charge in [-0.25, -0.2) is 12.8 Å². The van der Waals surface area contributed by atoms with Crippen molar-refractivity contribution < 1.29 is 36.6 Å². The summed E-state index contributed by atoms with van der Waals surface area (Å²) in [6.07, 6.45) is 0. The van der Waals surface area contributed by atoms with Crippen molar-refractivity contribution in [1.29, 1.82) is 0 Å². The quantitative estimate of drug-likeness (QED) is 0.325. The summed E-state index contributed by atoms with van der Waals surface area (Å²) in [5.41, 5.74) is 0.728. The number of hydrogen-bond donors (Lipinski definition) is 1. The molecule has 0 radical (unpaired) electrons. The van der Waals surface area contributed by atoms with Gasteiger partial charge in [-0.05, 0) is 67.9 Å². The molecule has 0 fully saturated rings. The minimum atomic E-state index is -4.39. The highest BCUT2D eigenvalue weighted by molar-refractivity contribution is 7.92. The molecule has 220 valence electrons. The molecule has 0 aliphatic rings. The minimum Gasteiger partial charge on any atom is -0.497 e. The van der Waals surface area contributed by atoms with E-state index in [4.69, 9.17) is 14.2 Å². The van der Waals surface area contributed by atoms with Gasteiger partial charge in [0.05, 0.1) is 31.9 Å². The number of hydrogen-bond acceptors (Lipinski definition) is 7. The molecule has 0 spiro atoms. The van der Waals surface area contributed by atoms with Gasteiger partial charge in [-0.3, -0.25) is 13.9 Å². The summed E-state index contributed by atoms with van der Waals surface area (Å²) in [5, 5.41) is 2.70. The number of ether oxygens (including phenoxy) is 3. The predicted octanol–water partition coefficient (Wildman–Crippen LogP) is 3.60. The van der Waals surface area contributed by atoms with Gasteiger partial charge in [-0.1, -0.05) is 12.1 Å². The number of amides is 2. The summed E-state index contributed by atoms with van der Waals surface area (Å²) >= 11 is 0. The van der Waals surface area contributed by atoms with Crippen LogP contribution in [0.5, 0.6) is 17.2 Å². The van der Waals surface area contributed by atoms with E-state index in [9.17, 15) is 22.4 Å². The number of nitrogens with zero attached hydrogens (tertiary/aromatic N) is 2. The Kier molecular flexibility index (Phi) is 10.5. The third-order valence-electron chi connectivity index (χ3n) is 6.34. The van der Waals surface area contributed by atoms with Crippen molar-refractivity contribution >= 4 is 27.5 Å². The number of sulfonamides is 1. The van der Waals surface area contributed by atoms with Gasteiger partial charge >= 0.3 is 0 Å². The van der Waals surface area contributed by atoms with Gasteiger partial charge in [-0.15, -0.1) is 0 Å². The van der Waals surface area contributed by atoms with Crippen molar-refractivity contribution in [2.45, 2.75) is 31.3 Å². The van der Waals surface area contributed by atoms with Crippen LogP contribution in [0.3, 0.4) is 0 Å². The van der Waals surface area contributed by atoms with Crippen LogP contribution in [-0.2, 0) is 26.2 Å². The highest BCUT2D eigenvalue weighted by Crippen LogP contribution is 2.32. The molecule has 2 amide bonds. The van der Waals surface area contributed by atoms with E-state index in [-0.39, 0.29) is 22.9 Å². The van der Waals surface area contributed by atoms with Crippen molar-refractivity contribution in [2.24, 2.45) is 0 Å². The van der Waals surface area contributed by atoms with E-state index >= 15 is 0 Å².